The van der Waals surface area contributed by atoms with Crippen LogP contribution in [0.5, 0.6) is 0 Å². The number of halogens is 1. The van der Waals surface area contributed by atoms with Crippen LogP contribution in [0.25, 0.3) is 0 Å². The van der Waals surface area contributed by atoms with Crippen molar-refractivity contribution in [3.63, 3.8) is 0 Å². The molecule has 138 valence electrons. The number of carbonyl (C=O) groups excluding carboxylic acids is 2. The number of sulfonamides is 1. The van der Waals surface area contributed by atoms with Gasteiger partial charge >= 0.3 is 11.8 Å². The van der Waals surface area contributed by atoms with Crippen molar-refractivity contribution < 1.29 is 22.4 Å². The summed E-state index contributed by atoms with van der Waals surface area (Å²) in [5.41, 5.74) is 0.926. The summed E-state index contributed by atoms with van der Waals surface area (Å²) in [6.07, 6.45) is 0. The van der Waals surface area contributed by atoms with Gasteiger partial charge in [-0.05, 0) is 42.0 Å². The Hall–Kier alpha value is -2.78. The van der Waals surface area contributed by atoms with Gasteiger partial charge in [0.25, 0.3) is 0 Å². The molecule has 0 saturated heterocycles. The Kier molecular flexibility index (Phi) is 6.06. The standard InChI is InChI=1S/C17H18FN3O4S/c1-21(2)26(24,25)15-9-3-12(4-10-15)11-19-16(22)17(23)20-14-7-5-13(18)6-8-14/h3-10H,11H2,1-2H3,(H,19,22)(H,20,23). The number of anilines is 1. The van der Waals surface area contributed by atoms with Crippen LogP contribution in [-0.2, 0) is 26.2 Å². The van der Waals surface area contributed by atoms with Gasteiger partial charge in [-0.2, -0.15) is 0 Å². The topological polar surface area (TPSA) is 95.6 Å². The van der Waals surface area contributed by atoms with E-state index in [0.717, 1.165) is 16.4 Å². The Bertz CT molecular complexity index is 895. The molecule has 2 aromatic rings. The van der Waals surface area contributed by atoms with Crippen molar-refractivity contribution in [3.8, 4) is 0 Å². The van der Waals surface area contributed by atoms with E-state index < -0.39 is 27.7 Å². The van der Waals surface area contributed by atoms with E-state index in [4.69, 9.17) is 0 Å². The number of nitrogens with one attached hydrogen (secondary N) is 2. The minimum absolute atomic E-state index is 0.0535. The highest BCUT2D eigenvalue weighted by atomic mass is 32.2. The van der Waals surface area contributed by atoms with E-state index in [1.165, 1.54) is 38.4 Å². The predicted octanol–water partition coefficient (Wildman–Crippen LogP) is 1.33. The molecule has 0 atom stereocenters. The molecule has 2 aromatic carbocycles. The van der Waals surface area contributed by atoms with Gasteiger partial charge in [0.15, 0.2) is 0 Å². The number of nitrogens with zero attached hydrogens (tertiary/aromatic N) is 1. The van der Waals surface area contributed by atoms with E-state index in [0.29, 0.717) is 11.3 Å². The fourth-order valence-electron chi connectivity index (χ4n) is 1.97. The van der Waals surface area contributed by atoms with Crippen LogP contribution in [0.1, 0.15) is 5.56 Å². The molecule has 0 fully saturated rings. The fraction of sp³-hybridized carbons (Fsp3) is 0.176. The summed E-state index contributed by atoms with van der Waals surface area (Å²) in [5.74, 6) is -2.20. The van der Waals surface area contributed by atoms with Gasteiger partial charge in [0.2, 0.25) is 10.0 Å². The van der Waals surface area contributed by atoms with E-state index in [1.807, 2.05) is 0 Å². The monoisotopic (exact) mass is 379 g/mol. The third kappa shape index (κ3) is 4.87. The first kappa shape index (κ1) is 19.5. The second-order valence-corrected chi connectivity index (χ2v) is 7.73. The van der Waals surface area contributed by atoms with Crippen molar-refractivity contribution in [3.05, 3.63) is 59.9 Å². The van der Waals surface area contributed by atoms with Gasteiger partial charge < -0.3 is 10.6 Å². The maximum Gasteiger partial charge on any atom is 0.313 e. The Balaban J connectivity index is 1.92. The van der Waals surface area contributed by atoms with Crippen molar-refractivity contribution >= 4 is 27.5 Å². The van der Waals surface area contributed by atoms with Gasteiger partial charge in [-0.3, -0.25) is 9.59 Å². The Morgan fingerprint density at radius 1 is 0.962 bits per heavy atom. The second kappa shape index (κ2) is 8.07. The Morgan fingerprint density at radius 3 is 2.08 bits per heavy atom. The summed E-state index contributed by atoms with van der Waals surface area (Å²) in [4.78, 5) is 23.7. The van der Waals surface area contributed by atoms with Crippen molar-refractivity contribution in [1.82, 2.24) is 9.62 Å². The number of amides is 2. The van der Waals surface area contributed by atoms with Crippen LogP contribution in [-0.4, -0.2) is 38.6 Å². The summed E-state index contributed by atoms with van der Waals surface area (Å²) in [5, 5.41) is 4.77. The molecule has 26 heavy (non-hydrogen) atoms. The van der Waals surface area contributed by atoms with Crippen molar-refractivity contribution in [2.75, 3.05) is 19.4 Å². The second-order valence-electron chi connectivity index (χ2n) is 5.58. The van der Waals surface area contributed by atoms with E-state index in [9.17, 15) is 22.4 Å². The van der Waals surface area contributed by atoms with Crippen molar-refractivity contribution in [2.45, 2.75) is 11.4 Å². The fourth-order valence-corrected chi connectivity index (χ4v) is 2.88. The smallest absolute Gasteiger partial charge is 0.313 e. The zero-order valence-corrected chi connectivity index (χ0v) is 15.0. The maximum atomic E-state index is 12.8. The first-order chi connectivity index (χ1) is 12.2. The largest absolute Gasteiger partial charge is 0.344 e. The number of hydrogen-bond acceptors (Lipinski definition) is 4. The van der Waals surface area contributed by atoms with Gasteiger partial charge in [0.05, 0.1) is 4.90 Å². The number of benzene rings is 2. The molecule has 0 spiro atoms. The molecule has 0 aromatic heterocycles. The molecular weight excluding hydrogens is 361 g/mol. The van der Waals surface area contributed by atoms with Crippen LogP contribution in [0.15, 0.2) is 53.4 Å². The summed E-state index contributed by atoms with van der Waals surface area (Å²) in [6, 6.07) is 11.0. The molecule has 0 radical (unpaired) electrons. The van der Waals surface area contributed by atoms with Gasteiger partial charge in [0, 0.05) is 26.3 Å². The van der Waals surface area contributed by atoms with E-state index >= 15 is 0 Å². The molecule has 2 amide bonds. The third-order valence-corrected chi connectivity index (χ3v) is 5.29. The van der Waals surface area contributed by atoms with Crippen molar-refractivity contribution in [2.24, 2.45) is 0 Å². The third-order valence-electron chi connectivity index (χ3n) is 3.46. The molecule has 0 aliphatic carbocycles. The predicted molar refractivity (Wildman–Crippen MR) is 94.2 cm³/mol. The average Bonchev–Trinajstić information content (AvgIpc) is 2.61. The Labute approximate surface area is 150 Å². The summed E-state index contributed by atoms with van der Waals surface area (Å²) >= 11 is 0. The zero-order chi connectivity index (χ0) is 19.3. The van der Waals surface area contributed by atoms with Crippen LogP contribution < -0.4 is 10.6 Å². The highest BCUT2D eigenvalue weighted by Crippen LogP contribution is 2.14. The van der Waals surface area contributed by atoms with Crippen LogP contribution in [0.3, 0.4) is 0 Å². The quantitative estimate of drug-likeness (QED) is 0.766. The summed E-state index contributed by atoms with van der Waals surface area (Å²) < 4.78 is 37.9. The molecule has 9 heteroatoms. The zero-order valence-electron chi connectivity index (χ0n) is 14.2. The molecular formula is C17H18FN3O4S. The first-order valence-electron chi connectivity index (χ1n) is 7.56. The minimum Gasteiger partial charge on any atom is -0.344 e. The average molecular weight is 379 g/mol. The lowest BCUT2D eigenvalue weighted by Gasteiger charge is -2.12. The van der Waals surface area contributed by atoms with E-state index in [-0.39, 0.29) is 11.4 Å². The molecule has 0 bridgehead atoms. The number of carbonyl (C=O) groups is 2. The van der Waals surface area contributed by atoms with Crippen LogP contribution >= 0.6 is 0 Å². The molecule has 2 N–H and O–H groups in total. The van der Waals surface area contributed by atoms with Crippen molar-refractivity contribution in [1.29, 1.82) is 0 Å². The van der Waals surface area contributed by atoms with Crippen LogP contribution in [0.4, 0.5) is 10.1 Å². The van der Waals surface area contributed by atoms with E-state index in [1.54, 1.807) is 12.1 Å². The Morgan fingerprint density at radius 2 is 1.54 bits per heavy atom. The maximum absolute atomic E-state index is 12.8. The van der Waals surface area contributed by atoms with Crippen LogP contribution in [0, 0.1) is 5.82 Å². The molecule has 7 nitrogen and oxygen atoms in total. The van der Waals surface area contributed by atoms with Gasteiger partial charge in [-0.1, -0.05) is 12.1 Å². The molecule has 0 unspecified atom stereocenters. The molecule has 0 aliphatic heterocycles. The summed E-state index contributed by atoms with van der Waals surface area (Å²) in [6.45, 7) is 0.0535. The highest BCUT2D eigenvalue weighted by Gasteiger charge is 2.17. The molecule has 2 rings (SSSR count). The minimum atomic E-state index is -3.52. The van der Waals surface area contributed by atoms with Gasteiger partial charge in [-0.25, -0.2) is 17.1 Å². The lowest BCUT2D eigenvalue weighted by Crippen LogP contribution is -2.34. The SMILES string of the molecule is CN(C)S(=O)(=O)c1ccc(CNC(=O)C(=O)Nc2ccc(F)cc2)cc1. The molecule has 0 heterocycles. The highest BCUT2D eigenvalue weighted by molar-refractivity contribution is 7.89. The normalized spacial score (nSPS) is 11.2. The van der Waals surface area contributed by atoms with Gasteiger partial charge in [0.1, 0.15) is 5.82 Å². The molecule has 0 saturated carbocycles. The van der Waals surface area contributed by atoms with E-state index in [2.05, 4.69) is 10.6 Å². The van der Waals surface area contributed by atoms with Crippen LogP contribution in [0.2, 0.25) is 0 Å². The first-order valence-corrected chi connectivity index (χ1v) is 9.00. The lowest BCUT2D eigenvalue weighted by atomic mass is 10.2. The number of rotatable bonds is 5. The molecule has 0 aliphatic rings. The number of hydrogen-bond donors (Lipinski definition) is 2. The van der Waals surface area contributed by atoms with Gasteiger partial charge in [-0.15, -0.1) is 0 Å². The lowest BCUT2D eigenvalue weighted by molar-refractivity contribution is -0.136. The summed E-state index contributed by atoms with van der Waals surface area (Å²) in [7, 11) is -0.653.